The molecule has 1 aromatic carbocycles. The standard InChI is InChI=1S/C16H25ClN2O4S/c1-4-19(13(2)12-24(3,21)22)11-16(20)18-8-9-23-15-7-5-6-14(17)10-15/h5-7,10,13H,4,8-9,11-12H2,1-3H3,(H,18,20). The minimum Gasteiger partial charge on any atom is -0.492 e. The lowest BCUT2D eigenvalue weighted by Gasteiger charge is -2.26. The van der Waals surface area contributed by atoms with Gasteiger partial charge in [0.15, 0.2) is 0 Å². The Kier molecular flexibility index (Phi) is 8.52. The Bertz CT molecular complexity index is 637. The summed E-state index contributed by atoms with van der Waals surface area (Å²) in [4.78, 5) is 13.8. The summed E-state index contributed by atoms with van der Waals surface area (Å²) in [6.07, 6.45) is 1.20. The first kappa shape index (κ1) is 20.7. The summed E-state index contributed by atoms with van der Waals surface area (Å²) in [6.45, 7) is 5.16. The van der Waals surface area contributed by atoms with Crippen LogP contribution < -0.4 is 10.1 Å². The van der Waals surface area contributed by atoms with Crippen molar-refractivity contribution >= 4 is 27.3 Å². The first-order valence-electron chi connectivity index (χ1n) is 7.78. The molecule has 1 rings (SSSR count). The summed E-state index contributed by atoms with van der Waals surface area (Å²) in [5, 5.41) is 3.35. The molecule has 1 aromatic rings. The van der Waals surface area contributed by atoms with E-state index >= 15 is 0 Å². The Morgan fingerprint density at radius 3 is 2.71 bits per heavy atom. The number of ether oxygens (including phenoxy) is 1. The quantitative estimate of drug-likeness (QED) is 0.627. The fourth-order valence-corrected chi connectivity index (χ4v) is 3.55. The lowest BCUT2D eigenvalue weighted by Crippen LogP contribution is -2.44. The molecule has 24 heavy (non-hydrogen) atoms. The number of likely N-dealkylation sites (N-methyl/N-ethyl adjacent to an activating group) is 1. The molecule has 0 fully saturated rings. The zero-order valence-corrected chi connectivity index (χ0v) is 15.9. The minimum atomic E-state index is -3.07. The maximum atomic E-state index is 12.0. The van der Waals surface area contributed by atoms with Gasteiger partial charge >= 0.3 is 0 Å². The van der Waals surface area contributed by atoms with Crippen LogP contribution in [-0.2, 0) is 14.6 Å². The van der Waals surface area contributed by atoms with Crippen molar-refractivity contribution in [1.82, 2.24) is 10.2 Å². The fraction of sp³-hybridized carbons (Fsp3) is 0.562. The Morgan fingerprint density at radius 1 is 1.42 bits per heavy atom. The van der Waals surface area contributed by atoms with E-state index in [-0.39, 0.29) is 24.2 Å². The summed E-state index contributed by atoms with van der Waals surface area (Å²) < 4.78 is 28.2. The van der Waals surface area contributed by atoms with E-state index in [0.29, 0.717) is 30.5 Å². The molecular weight excluding hydrogens is 352 g/mol. The number of nitrogens with zero attached hydrogens (tertiary/aromatic N) is 1. The number of hydrogen-bond donors (Lipinski definition) is 1. The summed E-state index contributed by atoms with van der Waals surface area (Å²) in [5.41, 5.74) is 0. The van der Waals surface area contributed by atoms with Gasteiger partial charge in [-0.05, 0) is 31.7 Å². The lowest BCUT2D eigenvalue weighted by molar-refractivity contribution is -0.122. The van der Waals surface area contributed by atoms with Crippen LogP contribution in [-0.4, -0.2) is 63.5 Å². The van der Waals surface area contributed by atoms with Gasteiger partial charge in [0.1, 0.15) is 22.2 Å². The van der Waals surface area contributed by atoms with E-state index < -0.39 is 9.84 Å². The van der Waals surface area contributed by atoms with Gasteiger partial charge < -0.3 is 10.1 Å². The van der Waals surface area contributed by atoms with Crippen LogP contribution in [0.25, 0.3) is 0 Å². The number of carbonyl (C=O) groups excluding carboxylic acids is 1. The van der Waals surface area contributed by atoms with Crippen molar-refractivity contribution in [3.05, 3.63) is 29.3 Å². The molecule has 1 amide bonds. The molecule has 0 aliphatic heterocycles. The first-order valence-corrected chi connectivity index (χ1v) is 10.2. The van der Waals surface area contributed by atoms with E-state index in [4.69, 9.17) is 16.3 Å². The highest BCUT2D eigenvalue weighted by Crippen LogP contribution is 2.16. The van der Waals surface area contributed by atoms with Crippen LogP contribution in [0.2, 0.25) is 5.02 Å². The molecule has 8 heteroatoms. The fourth-order valence-electron chi connectivity index (χ4n) is 2.28. The average Bonchev–Trinajstić information content (AvgIpc) is 2.47. The lowest BCUT2D eigenvalue weighted by atomic mass is 10.3. The number of amides is 1. The highest BCUT2D eigenvalue weighted by atomic mass is 35.5. The zero-order valence-electron chi connectivity index (χ0n) is 14.3. The van der Waals surface area contributed by atoms with Crippen LogP contribution in [0.4, 0.5) is 0 Å². The van der Waals surface area contributed by atoms with Gasteiger partial charge in [0.25, 0.3) is 0 Å². The molecule has 0 aliphatic carbocycles. The van der Waals surface area contributed by atoms with Crippen molar-refractivity contribution in [3.63, 3.8) is 0 Å². The molecule has 0 aromatic heterocycles. The van der Waals surface area contributed by atoms with E-state index in [1.54, 1.807) is 31.2 Å². The maximum absolute atomic E-state index is 12.0. The van der Waals surface area contributed by atoms with Gasteiger partial charge in [-0.25, -0.2) is 8.42 Å². The predicted octanol–water partition coefficient (Wildman–Crippen LogP) is 1.59. The van der Waals surface area contributed by atoms with Gasteiger partial charge in [-0.15, -0.1) is 0 Å². The summed E-state index contributed by atoms with van der Waals surface area (Å²) in [7, 11) is -3.07. The van der Waals surface area contributed by atoms with E-state index in [1.807, 2.05) is 11.8 Å². The largest absolute Gasteiger partial charge is 0.492 e. The van der Waals surface area contributed by atoms with Crippen LogP contribution in [0.15, 0.2) is 24.3 Å². The van der Waals surface area contributed by atoms with E-state index in [0.717, 1.165) is 0 Å². The number of carbonyl (C=O) groups is 1. The molecule has 0 radical (unpaired) electrons. The summed E-state index contributed by atoms with van der Waals surface area (Å²) >= 11 is 5.86. The number of benzene rings is 1. The van der Waals surface area contributed by atoms with Crippen molar-refractivity contribution in [1.29, 1.82) is 0 Å². The van der Waals surface area contributed by atoms with Crippen LogP contribution in [0.1, 0.15) is 13.8 Å². The minimum absolute atomic E-state index is 0.0337. The van der Waals surface area contributed by atoms with Crippen molar-refractivity contribution in [2.24, 2.45) is 0 Å². The third-order valence-corrected chi connectivity index (χ3v) is 4.73. The normalized spacial score (nSPS) is 12.9. The maximum Gasteiger partial charge on any atom is 0.234 e. The molecule has 136 valence electrons. The van der Waals surface area contributed by atoms with Crippen molar-refractivity contribution in [3.8, 4) is 5.75 Å². The number of hydrogen-bond acceptors (Lipinski definition) is 5. The molecule has 0 heterocycles. The summed E-state index contributed by atoms with van der Waals surface area (Å²) in [5.74, 6) is 0.520. The Hall–Kier alpha value is -1.31. The highest BCUT2D eigenvalue weighted by molar-refractivity contribution is 7.90. The van der Waals surface area contributed by atoms with Gasteiger partial charge in [-0.2, -0.15) is 0 Å². The predicted molar refractivity (Wildman–Crippen MR) is 96.4 cm³/mol. The second-order valence-corrected chi connectivity index (χ2v) is 8.28. The number of nitrogens with one attached hydrogen (secondary N) is 1. The SMILES string of the molecule is CCN(CC(=O)NCCOc1cccc(Cl)c1)C(C)CS(C)(=O)=O. The topological polar surface area (TPSA) is 75.7 Å². The molecule has 0 aliphatic rings. The average molecular weight is 377 g/mol. The van der Waals surface area contributed by atoms with Crippen LogP contribution >= 0.6 is 11.6 Å². The number of rotatable bonds is 10. The summed E-state index contributed by atoms with van der Waals surface area (Å²) in [6, 6.07) is 6.83. The van der Waals surface area contributed by atoms with Gasteiger partial charge in [-0.1, -0.05) is 24.6 Å². The Labute approximate surface area is 149 Å². The molecule has 1 atom stereocenters. The Balaban J connectivity index is 2.33. The second kappa shape index (κ2) is 9.86. The smallest absolute Gasteiger partial charge is 0.234 e. The van der Waals surface area contributed by atoms with Crippen LogP contribution in [0.3, 0.4) is 0 Å². The molecule has 1 N–H and O–H groups in total. The monoisotopic (exact) mass is 376 g/mol. The number of sulfone groups is 1. The zero-order chi connectivity index (χ0) is 18.2. The molecular formula is C16H25ClN2O4S. The van der Waals surface area contributed by atoms with Gasteiger partial charge in [0.05, 0.1) is 18.8 Å². The molecule has 6 nitrogen and oxygen atoms in total. The Morgan fingerprint density at radius 2 is 2.12 bits per heavy atom. The van der Waals surface area contributed by atoms with Gasteiger partial charge in [0.2, 0.25) is 5.91 Å². The third-order valence-electron chi connectivity index (χ3n) is 3.41. The van der Waals surface area contributed by atoms with E-state index in [9.17, 15) is 13.2 Å². The molecule has 0 bridgehead atoms. The van der Waals surface area contributed by atoms with E-state index in [2.05, 4.69) is 5.32 Å². The van der Waals surface area contributed by atoms with Crippen molar-refractivity contribution < 1.29 is 17.9 Å². The van der Waals surface area contributed by atoms with Crippen molar-refractivity contribution in [2.45, 2.75) is 19.9 Å². The van der Waals surface area contributed by atoms with Crippen LogP contribution in [0.5, 0.6) is 5.75 Å². The van der Waals surface area contributed by atoms with Gasteiger partial charge in [0, 0.05) is 17.3 Å². The second-order valence-electron chi connectivity index (χ2n) is 5.66. The highest BCUT2D eigenvalue weighted by Gasteiger charge is 2.19. The molecule has 0 saturated carbocycles. The first-order chi connectivity index (χ1) is 11.2. The number of halogens is 1. The van der Waals surface area contributed by atoms with E-state index in [1.165, 1.54) is 6.26 Å². The molecule has 0 saturated heterocycles. The van der Waals surface area contributed by atoms with Crippen molar-refractivity contribution in [2.75, 3.05) is 38.2 Å². The van der Waals surface area contributed by atoms with Crippen LogP contribution in [0, 0.1) is 0 Å². The molecule has 0 spiro atoms. The third kappa shape index (κ3) is 8.52. The van der Waals surface area contributed by atoms with Gasteiger partial charge in [-0.3, -0.25) is 9.69 Å². The molecule has 1 unspecified atom stereocenters.